The van der Waals surface area contributed by atoms with Crippen molar-refractivity contribution in [1.29, 1.82) is 0 Å². The first-order valence-corrected chi connectivity index (χ1v) is 8.05. The first kappa shape index (κ1) is 14.8. The first-order valence-electron chi connectivity index (χ1n) is 5.00. The van der Waals surface area contributed by atoms with Gasteiger partial charge in [-0.1, -0.05) is 11.8 Å². The van der Waals surface area contributed by atoms with Crippen LogP contribution in [0.3, 0.4) is 0 Å². The highest BCUT2D eigenvalue weighted by Crippen LogP contribution is 2.18. The minimum atomic E-state index is -3.02. The molecular weight excluding hydrogens is 280 g/mol. The molecule has 10 heteroatoms. The fourth-order valence-electron chi connectivity index (χ4n) is 1.23. The number of carboxylic acids is 1. The minimum Gasteiger partial charge on any atom is -0.481 e. The van der Waals surface area contributed by atoms with Crippen LogP contribution >= 0.6 is 11.8 Å². The second-order valence-electron chi connectivity index (χ2n) is 3.66. The predicted molar refractivity (Wildman–Crippen MR) is 67.1 cm³/mol. The lowest BCUT2D eigenvalue weighted by atomic mass is 10.5. The summed E-state index contributed by atoms with van der Waals surface area (Å²) in [6, 6.07) is 0. The number of sulfone groups is 1. The van der Waals surface area contributed by atoms with Crippen molar-refractivity contribution >= 4 is 33.5 Å². The summed E-state index contributed by atoms with van der Waals surface area (Å²) in [6.07, 6.45) is 1.53. The number of nitrogens with two attached hydrogens (primary N) is 1. The third kappa shape index (κ3) is 4.92. The van der Waals surface area contributed by atoms with Crippen LogP contribution in [-0.2, 0) is 21.2 Å². The van der Waals surface area contributed by atoms with Crippen LogP contribution in [0.5, 0.6) is 0 Å². The molecule has 0 aliphatic heterocycles. The minimum absolute atomic E-state index is 0.0354. The van der Waals surface area contributed by atoms with E-state index in [-0.39, 0.29) is 17.5 Å². The van der Waals surface area contributed by atoms with Crippen LogP contribution in [0.4, 0.5) is 5.95 Å². The number of anilines is 1. The SMILES string of the molecule is CS(=O)(=O)CCCn1c(N)nnc1SCC(=O)O. The Kier molecular flexibility index (Phi) is 4.96. The number of thioether (sulfide) groups is 1. The lowest BCUT2D eigenvalue weighted by Gasteiger charge is -2.06. The van der Waals surface area contributed by atoms with E-state index in [1.54, 1.807) is 0 Å². The molecule has 1 aromatic heterocycles. The number of aromatic nitrogens is 3. The van der Waals surface area contributed by atoms with Gasteiger partial charge in [0.15, 0.2) is 5.16 Å². The maximum absolute atomic E-state index is 11.0. The number of carboxylic acid groups (broad SMARTS) is 1. The summed E-state index contributed by atoms with van der Waals surface area (Å²) >= 11 is 0.994. The van der Waals surface area contributed by atoms with Gasteiger partial charge in [-0.15, -0.1) is 10.2 Å². The molecule has 0 saturated heterocycles. The van der Waals surface area contributed by atoms with E-state index in [0.29, 0.717) is 18.1 Å². The van der Waals surface area contributed by atoms with Crippen molar-refractivity contribution in [3.8, 4) is 0 Å². The van der Waals surface area contributed by atoms with E-state index in [1.807, 2.05) is 0 Å². The molecule has 0 spiro atoms. The van der Waals surface area contributed by atoms with Gasteiger partial charge >= 0.3 is 5.97 Å². The average Bonchev–Trinajstić information content (AvgIpc) is 2.56. The Morgan fingerprint density at radius 3 is 2.72 bits per heavy atom. The van der Waals surface area contributed by atoms with Crippen molar-refractivity contribution < 1.29 is 18.3 Å². The molecule has 1 rings (SSSR count). The van der Waals surface area contributed by atoms with Gasteiger partial charge < -0.3 is 10.8 Å². The zero-order valence-electron chi connectivity index (χ0n) is 9.74. The van der Waals surface area contributed by atoms with Crippen LogP contribution in [0.2, 0.25) is 0 Å². The summed E-state index contributed by atoms with van der Waals surface area (Å²) < 4.78 is 23.5. The van der Waals surface area contributed by atoms with Crippen LogP contribution in [0.25, 0.3) is 0 Å². The number of carbonyl (C=O) groups is 1. The molecular formula is C8H14N4O4S2. The standard InChI is InChI=1S/C8H14N4O4S2/c1-18(15,16)4-2-3-12-7(9)10-11-8(12)17-5-6(13)14/h2-5H2,1H3,(H2,9,10)(H,13,14). The Bertz CT molecular complexity index is 525. The number of aliphatic carboxylic acids is 1. The van der Waals surface area contributed by atoms with Gasteiger partial charge in [-0.2, -0.15) is 0 Å². The lowest BCUT2D eigenvalue weighted by Crippen LogP contribution is -2.11. The zero-order valence-corrected chi connectivity index (χ0v) is 11.4. The quantitative estimate of drug-likeness (QED) is 0.642. The topological polar surface area (TPSA) is 128 Å². The van der Waals surface area contributed by atoms with Crippen LogP contribution in [-0.4, -0.2) is 52.0 Å². The summed E-state index contributed by atoms with van der Waals surface area (Å²) in [6.45, 7) is 0.341. The van der Waals surface area contributed by atoms with Crippen molar-refractivity contribution in [2.75, 3.05) is 23.5 Å². The zero-order chi connectivity index (χ0) is 13.8. The molecule has 0 amide bonds. The molecule has 8 nitrogen and oxygen atoms in total. The highest BCUT2D eigenvalue weighted by molar-refractivity contribution is 7.99. The number of nitrogen functional groups attached to an aromatic ring is 1. The van der Waals surface area contributed by atoms with Gasteiger partial charge in [0.05, 0.1) is 11.5 Å². The van der Waals surface area contributed by atoms with Crippen molar-refractivity contribution in [2.45, 2.75) is 18.1 Å². The maximum atomic E-state index is 11.0. The van der Waals surface area contributed by atoms with Crippen LogP contribution < -0.4 is 5.73 Å². The second-order valence-corrected chi connectivity index (χ2v) is 6.86. The Morgan fingerprint density at radius 2 is 2.17 bits per heavy atom. The molecule has 0 fully saturated rings. The number of hydrogen-bond acceptors (Lipinski definition) is 7. The molecule has 1 heterocycles. The van der Waals surface area contributed by atoms with Crippen molar-refractivity contribution in [3.05, 3.63) is 0 Å². The van der Waals surface area contributed by atoms with E-state index in [2.05, 4.69) is 10.2 Å². The molecule has 0 aliphatic rings. The summed E-state index contributed by atoms with van der Waals surface area (Å²) in [5.74, 6) is -0.932. The third-order valence-electron chi connectivity index (χ3n) is 1.97. The van der Waals surface area contributed by atoms with E-state index >= 15 is 0 Å². The Balaban J connectivity index is 2.63. The Morgan fingerprint density at radius 1 is 1.50 bits per heavy atom. The number of hydrogen-bond donors (Lipinski definition) is 2. The van der Waals surface area contributed by atoms with E-state index < -0.39 is 15.8 Å². The van der Waals surface area contributed by atoms with Gasteiger partial charge in [-0.05, 0) is 6.42 Å². The van der Waals surface area contributed by atoms with E-state index in [4.69, 9.17) is 10.8 Å². The van der Waals surface area contributed by atoms with Crippen LogP contribution in [0.15, 0.2) is 5.16 Å². The Hall–Kier alpha value is -1.29. The molecule has 0 atom stereocenters. The van der Waals surface area contributed by atoms with Crippen molar-refractivity contribution in [1.82, 2.24) is 14.8 Å². The molecule has 102 valence electrons. The molecule has 0 saturated carbocycles. The third-order valence-corrected chi connectivity index (χ3v) is 3.95. The smallest absolute Gasteiger partial charge is 0.313 e. The van der Waals surface area contributed by atoms with Gasteiger partial charge in [-0.3, -0.25) is 9.36 Å². The van der Waals surface area contributed by atoms with Crippen molar-refractivity contribution in [2.24, 2.45) is 0 Å². The second kappa shape index (κ2) is 6.05. The van der Waals surface area contributed by atoms with Gasteiger partial charge in [0.2, 0.25) is 5.95 Å². The maximum Gasteiger partial charge on any atom is 0.313 e. The summed E-state index contributed by atoms with van der Waals surface area (Å²) in [4.78, 5) is 10.4. The fourth-order valence-corrected chi connectivity index (χ4v) is 2.57. The largest absolute Gasteiger partial charge is 0.481 e. The molecule has 0 unspecified atom stereocenters. The van der Waals surface area contributed by atoms with Gasteiger partial charge in [0.25, 0.3) is 0 Å². The molecule has 18 heavy (non-hydrogen) atoms. The normalized spacial score (nSPS) is 11.6. The number of rotatable bonds is 7. The summed E-state index contributed by atoms with van der Waals surface area (Å²) in [5.41, 5.74) is 5.58. The summed E-state index contributed by atoms with van der Waals surface area (Å²) in [7, 11) is -3.02. The molecule has 0 aromatic carbocycles. The van der Waals surface area contributed by atoms with Crippen LogP contribution in [0, 0.1) is 0 Å². The predicted octanol–water partition coefficient (Wildman–Crippen LogP) is -0.528. The van der Waals surface area contributed by atoms with E-state index in [1.165, 1.54) is 4.57 Å². The van der Waals surface area contributed by atoms with E-state index in [9.17, 15) is 13.2 Å². The van der Waals surface area contributed by atoms with Crippen molar-refractivity contribution in [3.63, 3.8) is 0 Å². The lowest BCUT2D eigenvalue weighted by molar-refractivity contribution is -0.133. The van der Waals surface area contributed by atoms with Gasteiger partial charge in [-0.25, -0.2) is 8.42 Å². The number of nitrogens with zero attached hydrogens (tertiary/aromatic N) is 3. The monoisotopic (exact) mass is 294 g/mol. The summed E-state index contributed by atoms with van der Waals surface area (Å²) in [5, 5.41) is 16.3. The van der Waals surface area contributed by atoms with Gasteiger partial charge in [0.1, 0.15) is 9.84 Å². The highest BCUT2D eigenvalue weighted by atomic mass is 32.2. The molecule has 1 aromatic rings. The molecule has 0 bridgehead atoms. The average molecular weight is 294 g/mol. The van der Waals surface area contributed by atoms with Crippen LogP contribution in [0.1, 0.15) is 6.42 Å². The van der Waals surface area contributed by atoms with E-state index in [0.717, 1.165) is 18.0 Å². The fraction of sp³-hybridized carbons (Fsp3) is 0.625. The molecule has 0 radical (unpaired) electrons. The Labute approximate surface area is 108 Å². The first-order chi connectivity index (χ1) is 8.29. The van der Waals surface area contributed by atoms with Gasteiger partial charge in [0, 0.05) is 12.8 Å². The molecule has 0 aliphatic carbocycles. The molecule has 3 N–H and O–H groups in total. The highest BCUT2D eigenvalue weighted by Gasteiger charge is 2.12.